The van der Waals surface area contributed by atoms with Gasteiger partial charge >= 0.3 is 0 Å². The molecule has 0 amide bonds. The largest absolute Gasteiger partial charge is 0.507 e. The Morgan fingerprint density at radius 1 is 1.33 bits per heavy atom. The lowest BCUT2D eigenvalue weighted by Crippen LogP contribution is -2.46. The first-order valence-corrected chi connectivity index (χ1v) is 10.7. The van der Waals surface area contributed by atoms with Gasteiger partial charge in [-0.15, -0.1) is 0 Å². The highest BCUT2D eigenvalue weighted by atomic mass is 16.5. The number of hydrogen-bond donors (Lipinski definition) is 1. The smallest absolute Gasteiger partial charge is 0.163 e. The van der Waals surface area contributed by atoms with Crippen LogP contribution in [0.15, 0.2) is 6.07 Å². The van der Waals surface area contributed by atoms with E-state index in [1.807, 2.05) is 0 Å². The van der Waals surface area contributed by atoms with E-state index in [1.165, 1.54) is 0 Å². The number of carbonyl (C=O) groups is 1. The summed E-state index contributed by atoms with van der Waals surface area (Å²) in [7, 11) is 0. The number of phenols is 1. The van der Waals surface area contributed by atoms with Crippen LogP contribution in [0.2, 0.25) is 0 Å². The summed E-state index contributed by atoms with van der Waals surface area (Å²) in [4.78, 5) is 12.5. The van der Waals surface area contributed by atoms with E-state index in [9.17, 15) is 9.90 Å². The van der Waals surface area contributed by atoms with Crippen LogP contribution in [0.5, 0.6) is 11.5 Å². The highest BCUT2D eigenvalue weighted by molar-refractivity contribution is 5.99. The van der Waals surface area contributed by atoms with E-state index in [0.717, 1.165) is 61.8 Å². The molecule has 150 valence electrons. The first-order valence-electron chi connectivity index (χ1n) is 10.7. The van der Waals surface area contributed by atoms with E-state index in [0.29, 0.717) is 11.5 Å². The summed E-state index contributed by atoms with van der Waals surface area (Å²) in [6, 6.07) is 2.07. The fourth-order valence-electron chi connectivity index (χ4n) is 5.55. The molecular weight excluding hydrogens is 336 g/mol. The predicted molar refractivity (Wildman–Crippen MR) is 110 cm³/mol. The van der Waals surface area contributed by atoms with Gasteiger partial charge in [-0.05, 0) is 63.0 Å². The van der Waals surface area contributed by atoms with Gasteiger partial charge in [-0.3, -0.25) is 4.79 Å². The quantitative estimate of drug-likeness (QED) is 0.480. The van der Waals surface area contributed by atoms with Crippen molar-refractivity contribution in [3.63, 3.8) is 0 Å². The molecule has 0 spiro atoms. The van der Waals surface area contributed by atoms with Crippen molar-refractivity contribution in [2.45, 2.75) is 98.0 Å². The van der Waals surface area contributed by atoms with Crippen LogP contribution in [0.25, 0.3) is 0 Å². The zero-order valence-electron chi connectivity index (χ0n) is 17.9. The van der Waals surface area contributed by atoms with Crippen LogP contribution in [0.3, 0.4) is 0 Å². The molecule has 0 aromatic heterocycles. The molecule has 3 nitrogen and oxygen atoms in total. The molecular formula is C24H36O3. The Balaban J connectivity index is 2.18. The summed E-state index contributed by atoms with van der Waals surface area (Å²) in [5, 5.41) is 11.3. The lowest BCUT2D eigenvalue weighted by molar-refractivity contribution is -0.00722. The third-order valence-corrected chi connectivity index (χ3v) is 6.75. The van der Waals surface area contributed by atoms with E-state index >= 15 is 0 Å². The van der Waals surface area contributed by atoms with Crippen LogP contribution in [0.4, 0.5) is 0 Å². The minimum atomic E-state index is -0.171. The second-order valence-electron chi connectivity index (χ2n) is 9.94. The van der Waals surface area contributed by atoms with Crippen molar-refractivity contribution in [2.24, 2.45) is 11.3 Å². The van der Waals surface area contributed by atoms with Gasteiger partial charge in [0.15, 0.2) is 5.78 Å². The van der Waals surface area contributed by atoms with E-state index in [4.69, 9.17) is 4.74 Å². The number of ether oxygens (including phenoxy) is 1. The van der Waals surface area contributed by atoms with Gasteiger partial charge in [0.2, 0.25) is 0 Å². The zero-order chi connectivity index (χ0) is 20.0. The number of aryl methyl sites for hydroxylation is 1. The van der Waals surface area contributed by atoms with Crippen molar-refractivity contribution in [1.29, 1.82) is 0 Å². The Morgan fingerprint density at radius 3 is 2.63 bits per heavy atom. The molecule has 0 radical (unpaired) electrons. The lowest BCUT2D eigenvalue weighted by atomic mass is 9.63. The molecule has 1 aliphatic heterocycles. The number of Topliss-reactive ketones (excluding diaryl/α,β-unsaturated/α-hetero) is 1. The summed E-state index contributed by atoms with van der Waals surface area (Å²) in [6.45, 7) is 12.7. The van der Waals surface area contributed by atoms with Crippen molar-refractivity contribution in [3.8, 4) is 11.5 Å². The number of hydrogen-bond acceptors (Lipinski definition) is 3. The Labute approximate surface area is 164 Å². The molecule has 3 atom stereocenters. The number of aromatic hydroxyl groups is 1. The second-order valence-corrected chi connectivity index (χ2v) is 9.94. The Morgan fingerprint density at radius 2 is 2.04 bits per heavy atom. The fraction of sp³-hybridized carbons (Fsp3) is 0.708. The number of fused-ring (bicyclic) bond motifs is 2. The van der Waals surface area contributed by atoms with Gasteiger partial charge in [0, 0.05) is 17.4 Å². The number of phenolic OH excluding ortho intramolecular Hbond substituents is 1. The van der Waals surface area contributed by atoms with Gasteiger partial charge in [-0.1, -0.05) is 40.5 Å². The molecule has 3 heteroatoms. The number of unbranched alkanes of at least 4 members (excludes halogenated alkanes) is 2. The van der Waals surface area contributed by atoms with Crippen LogP contribution in [0, 0.1) is 11.3 Å². The van der Waals surface area contributed by atoms with Crippen molar-refractivity contribution in [2.75, 3.05) is 0 Å². The summed E-state index contributed by atoms with van der Waals surface area (Å²) in [5.41, 5.74) is 2.15. The number of carbonyl (C=O) groups excluding carboxylic acids is 1. The number of rotatable bonds is 5. The van der Waals surface area contributed by atoms with Crippen LogP contribution >= 0.6 is 0 Å². The monoisotopic (exact) mass is 372 g/mol. The van der Waals surface area contributed by atoms with E-state index in [1.54, 1.807) is 6.92 Å². The standard InChI is InChI=1S/C24H36O3/c1-7-8-9-11-16-14-18-20(22(26)19(16)15(2)25)21(23(3,4)5)17-12-10-13-24(17,6)27-18/h14,17,21,26H,7-13H2,1-6H3/t17-,21+,24-/m1/s1. The topological polar surface area (TPSA) is 46.5 Å². The van der Waals surface area contributed by atoms with Crippen molar-refractivity contribution in [3.05, 3.63) is 22.8 Å². The van der Waals surface area contributed by atoms with E-state index < -0.39 is 0 Å². The molecule has 1 N–H and O–H groups in total. The van der Waals surface area contributed by atoms with Crippen LogP contribution < -0.4 is 4.74 Å². The number of benzene rings is 1. The molecule has 1 aromatic rings. The molecule has 0 unspecified atom stereocenters. The molecule has 2 aliphatic rings. The zero-order valence-corrected chi connectivity index (χ0v) is 17.9. The van der Waals surface area contributed by atoms with Gasteiger partial charge in [0.1, 0.15) is 17.1 Å². The average molecular weight is 373 g/mol. The molecule has 0 saturated heterocycles. The fourth-order valence-corrected chi connectivity index (χ4v) is 5.55. The molecule has 0 bridgehead atoms. The molecule has 1 saturated carbocycles. The first-order chi connectivity index (χ1) is 12.6. The lowest BCUT2D eigenvalue weighted by Gasteiger charge is -2.48. The van der Waals surface area contributed by atoms with Gasteiger partial charge < -0.3 is 9.84 Å². The van der Waals surface area contributed by atoms with Crippen molar-refractivity contribution < 1.29 is 14.6 Å². The molecule has 1 heterocycles. The molecule has 1 fully saturated rings. The molecule has 27 heavy (non-hydrogen) atoms. The highest BCUT2D eigenvalue weighted by Gasteiger charge is 2.54. The van der Waals surface area contributed by atoms with E-state index in [-0.39, 0.29) is 28.5 Å². The molecule has 1 aliphatic carbocycles. The number of ketones is 1. The summed E-state index contributed by atoms with van der Waals surface area (Å²) in [5.74, 6) is 1.51. The first kappa shape index (κ1) is 20.2. The van der Waals surface area contributed by atoms with Gasteiger partial charge in [0.25, 0.3) is 0 Å². The Kier molecular flexibility index (Phi) is 5.35. The van der Waals surface area contributed by atoms with E-state index in [2.05, 4.69) is 40.7 Å². The average Bonchev–Trinajstić information content (AvgIpc) is 2.92. The summed E-state index contributed by atoms with van der Waals surface area (Å²) >= 11 is 0. The van der Waals surface area contributed by atoms with Crippen LogP contribution in [0.1, 0.15) is 107 Å². The van der Waals surface area contributed by atoms with Gasteiger partial charge in [0.05, 0.1) is 5.56 Å². The normalized spacial score (nSPS) is 27.0. The van der Waals surface area contributed by atoms with Crippen LogP contribution in [-0.4, -0.2) is 16.5 Å². The minimum absolute atomic E-state index is 0.00986. The van der Waals surface area contributed by atoms with Crippen LogP contribution in [-0.2, 0) is 6.42 Å². The summed E-state index contributed by atoms with van der Waals surface area (Å²) in [6.07, 6.45) is 7.43. The van der Waals surface area contributed by atoms with Gasteiger partial charge in [-0.2, -0.15) is 0 Å². The minimum Gasteiger partial charge on any atom is -0.507 e. The highest BCUT2D eigenvalue weighted by Crippen LogP contribution is 2.60. The second kappa shape index (κ2) is 7.14. The van der Waals surface area contributed by atoms with Gasteiger partial charge in [-0.25, -0.2) is 0 Å². The molecule has 1 aromatic carbocycles. The third-order valence-electron chi connectivity index (χ3n) is 6.75. The predicted octanol–water partition coefficient (Wildman–Crippen LogP) is 6.41. The SMILES string of the molecule is CCCCCc1cc2c(c(O)c1C(C)=O)[C@@H](C(C)(C)C)[C@H]1CCC[C@@]1(C)O2. The Bertz CT molecular complexity index is 728. The van der Waals surface area contributed by atoms with Crippen molar-refractivity contribution in [1.82, 2.24) is 0 Å². The maximum absolute atomic E-state index is 12.5. The molecule has 3 rings (SSSR count). The maximum atomic E-state index is 12.5. The Hall–Kier alpha value is -1.51. The summed E-state index contributed by atoms with van der Waals surface area (Å²) < 4.78 is 6.56. The third kappa shape index (κ3) is 3.50. The maximum Gasteiger partial charge on any atom is 0.163 e. The van der Waals surface area contributed by atoms with Crippen molar-refractivity contribution >= 4 is 5.78 Å².